The van der Waals surface area contributed by atoms with Crippen molar-refractivity contribution in [2.75, 3.05) is 6.54 Å². The van der Waals surface area contributed by atoms with Crippen LogP contribution in [0.5, 0.6) is 0 Å². The zero-order chi connectivity index (χ0) is 10.4. The monoisotopic (exact) mass is 189 g/mol. The van der Waals surface area contributed by atoms with Crippen molar-refractivity contribution in [1.29, 1.82) is 0 Å². The van der Waals surface area contributed by atoms with Crippen molar-refractivity contribution in [2.45, 2.75) is 20.3 Å². The Balaban J connectivity index is 2.50. The van der Waals surface area contributed by atoms with Crippen molar-refractivity contribution in [3.63, 3.8) is 0 Å². The lowest BCUT2D eigenvalue weighted by molar-refractivity contribution is 0.385. The van der Waals surface area contributed by atoms with Gasteiger partial charge in [0.2, 0.25) is 0 Å². The zero-order valence-corrected chi connectivity index (χ0v) is 9.03. The molecule has 0 atom stereocenters. The normalized spacial score (nSPS) is 12.2. The zero-order valence-electron chi connectivity index (χ0n) is 9.03. The van der Waals surface area contributed by atoms with Crippen LogP contribution in [0.1, 0.15) is 25.8 Å². The minimum absolute atomic E-state index is 0.214. The van der Waals surface area contributed by atoms with Gasteiger partial charge in [-0.25, -0.2) is 0 Å². The molecule has 0 aliphatic carbocycles. The Labute approximate surface area is 86.6 Å². The summed E-state index contributed by atoms with van der Waals surface area (Å²) in [4.78, 5) is 0. The number of allylic oxidation sites excluding steroid dienone is 1. The second-order valence-corrected chi connectivity index (χ2v) is 4.39. The highest BCUT2D eigenvalue weighted by molar-refractivity contribution is 5.48. The van der Waals surface area contributed by atoms with E-state index in [-0.39, 0.29) is 5.41 Å². The molecule has 0 aliphatic heterocycles. The van der Waals surface area contributed by atoms with Crippen molar-refractivity contribution in [1.82, 2.24) is 0 Å². The maximum Gasteiger partial charge on any atom is -0.00229 e. The van der Waals surface area contributed by atoms with Crippen LogP contribution in [0.25, 0.3) is 6.08 Å². The van der Waals surface area contributed by atoms with Crippen LogP contribution in [0.15, 0.2) is 36.4 Å². The maximum atomic E-state index is 5.65. The first-order valence-electron chi connectivity index (χ1n) is 5.06. The van der Waals surface area contributed by atoms with E-state index < -0.39 is 0 Å². The highest BCUT2D eigenvalue weighted by Gasteiger charge is 2.12. The SMILES string of the molecule is CC(C)(CN)C/C=C/c1ccccc1. The quantitative estimate of drug-likeness (QED) is 0.774. The molecule has 1 aromatic carbocycles. The van der Waals surface area contributed by atoms with Crippen LogP contribution in [-0.4, -0.2) is 6.54 Å². The topological polar surface area (TPSA) is 26.0 Å². The molecule has 0 aromatic heterocycles. The van der Waals surface area contributed by atoms with Crippen LogP contribution in [-0.2, 0) is 0 Å². The molecule has 0 amide bonds. The molecule has 1 nitrogen and oxygen atoms in total. The van der Waals surface area contributed by atoms with Crippen molar-refractivity contribution >= 4 is 6.08 Å². The molecule has 0 radical (unpaired) electrons. The summed E-state index contributed by atoms with van der Waals surface area (Å²) in [6, 6.07) is 10.3. The molecular formula is C13H19N. The van der Waals surface area contributed by atoms with Crippen LogP contribution in [0.2, 0.25) is 0 Å². The molecule has 2 N–H and O–H groups in total. The first kappa shape index (κ1) is 11.0. The third-order valence-electron chi connectivity index (χ3n) is 2.33. The van der Waals surface area contributed by atoms with E-state index in [1.807, 2.05) is 18.2 Å². The van der Waals surface area contributed by atoms with Gasteiger partial charge in [-0.2, -0.15) is 0 Å². The number of hydrogen-bond acceptors (Lipinski definition) is 1. The predicted molar refractivity (Wildman–Crippen MR) is 62.9 cm³/mol. The molecule has 14 heavy (non-hydrogen) atoms. The number of benzene rings is 1. The fraction of sp³-hybridized carbons (Fsp3) is 0.385. The summed E-state index contributed by atoms with van der Waals surface area (Å²) in [5, 5.41) is 0. The van der Waals surface area contributed by atoms with E-state index in [0.29, 0.717) is 0 Å². The van der Waals surface area contributed by atoms with Crippen molar-refractivity contribution < 1.29 is 0 Å². The summed E-state index contributed by atoms with van der Waals surface area (Å²) in [6.07, 6.45) is 5.37. The Bertz CT molecular complexity index is 285. The van der Waals surface area contributed by atoms with Gasteiger partial charge < -0.3 is 5.73 Å². The Kier molecular flexibility index (Phi) is 3.90. The van der Waals surface area contributed by atoms with Gasteiger partial charge in [-0.15, -0.1) is 0 Å². The van der Waals surface area contributed by atoms with Crippen LogP contribution < -0.4 is 5.73 Å². The van der Waals surface area contributed by atoms with Gasteiger partial charge in [-0.3, -0.25) is 0 Å². The molecule has 0 heterocycles. The fourth-order valence-electron chi connectivity index (χ4n) is 1.16. The van der Waals surface area contributed by atoms with Crippen LogP contribution in [0, 0.1) is 5.41 Å². The summed E-state index contributed by atoms with van der Waals surface area (Å²) in [6.45, 7) is 5.09. The molecule has 0 unspecified atom stereocenters. The van der Waals surface area contributed by atoms with Gasteiger partial charge in [0, 0.05) is 0 Å². The molecule has 1 aromatic rings. The highest BCUT2D eigenvalue weighted by atomic mass is 14.6. The first-order chi connectivity index (χ1) is 6.64. The summed E-state index contributed by atoms with van der Waals surface area (Å²) in [5.41, 5.74) is 7.12. The summed E-state index contributed by atoms with van der Waals surface area (Å²) >= 11 is 0. The third kappa shape index (κ3) is 3.75. The summed E-state index contributed by atoms with van der Waals surface area (Å²) < 4.78 is 0. The van der Waals surface area contributed by atoms with Gasteiger partial charge in [0.25, 0.3) is 0 Å². The molecule has 1 rings (SSSR count). The van der Waals surface area contributed by atoms with Gasteiger partial charge in [-0.1, -0.05) is 56.3 Å². The van der Waals surface area contributed by atoms with E-state index in [0.717, 1.165) is 13.0 Å². The Morgan fingerprint density at radius 2 is 1.86 bits per heavy atom. The number of hydrogen-bond donors (Lipinski definition) is 1. The van der Waals surface area contributed by atoms with E-state index in [2.05, 4.69) is 38.1 Å². The standard InChI is InChI=1S/C13H19N/c1-13(2,11-14)10-6-9-12-7-4-3-5-8-12/h3-9H,10-11,14H2,1-2H3/b9-6+. The largest absolute Gasteiger partial charge is 0.330 e. The lowest BCUT2D eigenvalue weighted by atomic mass is 9.89. The average Bonchev–Trinajstić information content (AvgIpc) is 2.19. The third-order valence-corrected chi connectivity index (χ3v) is 2.33. The molecule has 0 fully saturated rings. The van der Waals surface area contributed by atoms with Crippen LogP contribution in [0.4, 0.5) is 0 Å². The van der Waals surface area contributed by atoms with E-state index in [1.54, 1.807) is 0 Å². The average molecular weight is 189 g/mol. The molecule has 0 aliphatic rings. The van der Waals surface area contributed by atoms with Gasteiger partial charge in [0.15, 0.2) is 0 Å². The van der Waals surface area contributed by atoms with Gasteiger partial charge in [-0.05, 0) is 23.9 Å². The lowest BCUT2D eigenvalue weighted by Crippen LogP contribution is -2.22. The minimum Gasteiger partial charge on any atom is -0.330 e. The van der Waals surface area contributed by atoms with Gasteiger partial charge in [0.05, 0.1) is 0 Å². The first-order valence-corrected chi connectivity index (χ1v) is 5.06. The van der Waals surface area contributed by atoms with Crippen molar-refractivity contribution in [3.8, 4) is 0 Å². The summed E-state index contributed by atoms with van der Waals surface area (Å²) in [5.74, 6) is 0. The Morgan fingerprint density at radius 1 is 1.21 bits per heavy atom. The molecule has 0 saturated heterocycles. The molecule has 1 heteroatoms. The lowest BCUT2D eigenvalue weighted by Gasteiger charge is -2.19. The molecular weight excluding hydrogens is 170 g/mol. The molecule has 0 bridgehead atoms. The van der Waals surface area contributed by atoms with Gasteiger partial charge in [0.1, 0.15) is 0 Å². The fourth-order valence-corrected chi connectivity index (χ4v) is 1.16. The number of nitrogens with two attached hydrogens (primary N) is 1. The summed E-state index contributed by atoms with van der Waals surface area (Å²) in [7, 11) is 0. The molecule has 76 valence electrons. The van der Waals surface area contributed by atoms with E-state index >= 15 is 0 Å². The second kappa shape index (κ2) is 4.97. The number of rotatable bonds is 4. The Morgan fingerprint density at radius 3 is 2.43 bits per heavy atom. The van der Waals surface area contributed by atoms with Crippen molar-refractivity contribution in [2.24, 2.45) is 11.1 Å². The van der Waals surface area contributed by atoms with E-state index in [9.17, 15) is 0 Å². The van der Waals surface area contributed by atoms with Crippen LogP contribution in [0.3, 0.4) is 0 Å². The maximum absolute atomic E-state index is 5.65. The molecule has 0 spiro atoms. The van der Waals surface area contributed by atoms with E-state index in [4.69, 9.17) is 5.73 Å². The highest BCUT2D eigenvalue weighted by Crippen LogP contribution is 2.19. The smallest absolute Gasteiger partial charge is 0.00229 e. The minimum atomic E-state index is 0.214. The predicted octanol–water partition coefficient (Wildman–Crippen LogP) is 3.07. The van der Waals surface area contributed by atoms with Crippen LogP contribution >= 0.6 is 0 Å². The van der Waals surface area contributed by atoms with Crippen molar-refractivity contribution in [3.05, 3.63) is 42.0 Å². The molecule has 0 saturated carbocycles. The Hall–Kier alpha value is -1.08. The van der Waals surface area contributed by atoms with E-state index in [1.165, 1.54) is 5.56 Å². The van der Waals surface area contributed by atoms with Gasteiger partial charge >= 0.3 is 0 Å². The second-order valence-electron chi connectivity index (χ2n) is 4.39.